The molecule has 2 N–H and O–H groups in total. The van der Waals surface area contributed by atoms with Crippen molar-refractivity contribution in [3.63, 3.8) is 0 Å². The molecule has 6 heteroatoms. The van der Waals surface area contributed by atoms with Crippen LogP contribution in [0.15, 0.2) is 35.3 Å². The van der Waals surface area contributed by atoms with Crippen LogP contribution in [0.3, 0.4) is 0 Å². The Morgan fingerprint density at radius 3 is 2.88 bits per heavy atom. The number of hydrogen-bond donors (Lipinski definition) is 2. The van der Waals surface area contributed by atoms with Gasteiger partial charge in [0.05, 0.1) is 6.42 Å². The highest BCUT2D eigenvalue weighted by Crippen LogP contribution is 2.06. The summed E-state index contributed by atoms with van der Waals surface area (Å²) in [5, 5.41) is 3.88. The average molecular weight is 234 g/mol. The van der Waals surface area contributed by atoms with Crippen molar-refractivity contribution < 1.29 is 4.79 Å². The molecule has 16 heavy (non-hydrogen) atoms. The first-order chi connectivity index (χ1) is 7.84. The first-order valence-electron chi connectivity index (χ1n) is 4.67. The zero-order valence-electron chi connectivity index (χ0n) is 8.38. The second-order valence-corrected chi connectivity index (χ2v) is 3.83. The van der Waals surface area contributed by atoms with Crippen LogP contribution < -0.4 is 10.9 Å². The fraction of sp³-hybridized carbons (Fsp3) is 0.100. The molecule has 0 fully saturated rings. The molecule has 0 aromatic carbocycles. The minimum absolute atomic E-state index is 0.120. The van der Waals surface area contributed by atoms with Crippen LogP contribution >= 0.6 is 11.3 Å². The molecule has 0 atom stereocenters. The molecule has 0 radical (unpaired) electrons. The molecule has 0 spiro atoms. The smallest absolute Gasteiger partial charge is 0.242 e. The number of nitrogens with one attached hydrogen (secondary N) is 2. The van der Waals surface area contributed by atoms with Crippen LogP contribution in [0.1, 0.15) is 5.56 Å². The summed E-state index contributed by atoms with van der Waals surface area (Å²) in [6.45, 7) is 0. The summed E-state index contributed by atoms with van der Waals surface area (Å²) >= 11 is 1.57. The number of nitrogens with zero attached hydrogens (tertiary/aromatic N) is 2. The number of amides is 1. The van der Waals surface area contributed by atoms with Crippen LogP contribution in [0.5, 0.6) is 0 Å². The van der Waals surface area contributed by atoms with E-state index in [-0.39, 0.29) is 5.91 Å². The van der Waals surface area contributed by atoms with Gasteiger partial charge in [0.1, 0.15) is 0 Å². The van der Waals surface area contributed by atoms with Gasteiger partial charge >= 0.3 is 0 Å². The summed E-state index contributed by atoms with van der Waals surface area (Å²) in [5.74, 6) is 0.257. The molecule has 5 nitrogen and oxygen atoms in total. The van der Waals surface area contributed by atoms with Gasteiger partial charge < -0.3 is 0 Å². The number of thiophene rings is 1. The molecule has 0 aliphatic heterocycles. The topological polar surface area (TPSA) is 66.9 Å². The maximum Gasteiger partial charge on any atom is 0.242 e. The molecule has 0 saturated heterocycles. The Hall–Kier alpha value is -1.95. The first kappa shape index (κ1) is 10.6. The van der Waals surface area contributed by atoms with Crippen molar-refractivity contribution in [1.82, 2.24) is 15.4 Å². The third-order valence-corrected chi connectivity index (χ3v) is 2.56. The summed E-state index contributed by atoms with van der Waals surface area (Å²) in [7, 11) is 0. The van der Waals surface area contributed by atoms with E-state index < -0.39 is 0 Å². The number of anilines is 1. The van der Waals surface area contributed by atoms with Crippen LogP contribution in [-0.2, 0) is 11.2 Å². The van der Waals surface area contributed by atoms with Crippen LogP contribution in [0.2, 0.25) is 0 Å². The molecule has 0 saturated carbocycles. The Labute approximate surface area is 96.5 Å². The lowest BCUT2D eigenvalue weighted by atomic mass is 10.2. The molecule has 2 rings (SSSR count). The summed E-state index contributed by atoms with van der Waals surface area (Å²) in [6.07, 6.45) is 3.55. The van der Waals surface area contributed by atoms with E-state index in [1.807, 2.05) is 16.8 Å². The number of rotatable bonds is 4. The Balaban J connectivity index is 1.80. The van der Waals surface area contributed by atoms with Crippen molar-refractivity contribution in [3.05, 3.63) is 40.8 Å². The van der Waals surface area contributed by atoms with E-state index >= 15 is 0 Å². The summed E-state index contributed by atoms with van der Waals surface area (Å²) in [6, 6.07) is 3.63. The lowest BCUT2D eigenvalue weighted by Crippen LogP contribution is -2.31. The van der Waals surface area contributed by atoms with Crippen molar-refractivity contribution in [2.75, 3.05) is 5.43 Å². The van der Waals surface area contributed by atoms with Gasteiger partial charge in [-0.05, 0) is 28.5 Å². The van der Waals surface area contributed by atoms with Gasteiger partial charge in [0.15, 0.2) is 0 Å². The second kappa shape index (κ2) is 5.22. The molecule has 82 valence electrons. The molecule has 1 amide bonds. The van der Waals surface area contributed by atoms with Crippen molar-refractivity contribution >= 4 is 23.2 Å². The predicted molar refractivity (Wildman–Crippen MR) is 61.8 cm³/mol. The molecule has 2 heterocycles. The number of hydrazine groups is 1. The van der Waals surface area contributed by atoms with Gasteiger partial charge in [-0.15, -0.1) is 0 Å². The van der Waals surface area contributed by atoms with Crippen LogP contribution in [0, 0.1) is 0 Å². The Morgan fingerprint density at radius 1 is 1.38 bits per heavy atom. The summed E-state index contributed by atoms with van der Waals surface area (Å²) < 4.78 is 0. The fourth-order valence-electron chi connectivity index (χ4n) is 1.11. The van der Waals surface area contributed by atoms with Gasteiger partial charge in [-0.25, -0.2) is 9.97 Å². The van der Waals surface area contributed by atoms with Crippen molar-refractivity contribution in [2.45, 2.75) is 6.42 Å². The van der Waals surface area contributed by atoms with Gasteiger partial charge in [0.2, 0.25) is 11.9 Å². The van der Waals surface area contributed by atoms with E-state index in [2.05, 4.69) is 20.8 Å². The molecular weight excluding hydrogens is 224 g/mol. The number of hydrogen-bond acceptors (Lipinski definition) is 5. The van der Waals surface area contributed by atoms with E-state index in [1.54, 1.807) is 29.8 Å². The number of carbonyl (C=O) groups is 1. The minimum Gasteiger partial charge on any atom is -0.273 e. The van der Waals surface area contributed by atoms with Crippen molar-refractivity contribution in [1.29, 1.82) is 0 Å². The zero-order valence-corrected chi connectivity index (χ0v) is 9.20. The average Bonchev–Trinajstić information content (AvgIpc) is 2.81. The normalized spacial score (nSPS) is 9.75. The zero-order chi connectivity index (χ0) is 11.2. The Kier molecular flexibility index (Phi) is 3.45. The van der Waals surface area contributed by atoms with E-state index in [9.17, 15) is 4.79 Å². The molecule has 2 aromatic heterocycles. The molecule has 0 unspecified atom stereocenters. The third-order valence-electron chi connectivity index (χ3n) is 1.82. The lowest BCUT2D eigenvalue weighted by Gasteiger charge is -2.05. The minimum atomic E-state index is -0.120. The van der Waals surface area contributed by atoms with E-state index in [0.29, 0.717) is 12.4 Å². The summed E-state index contributed by atoms with van der Waals surface area (Å²) in [5.41, 5.74) is 6.16. The van der Waals surface area contributed by atoms with E-state index in [4.69, 9.17) is 0 Å². The highest BCUT2D eigenvalue weighted by molar-refractivity contribution is 7.07. The number of aromatic nitrogens is 2. The third kappa shape index (κ3) is 3.03. The van der Waals surface area contributed by atoms with Crippen LogP contribution in [0.4, 0.5) is 5.95 Å². The maximum atomic E-state index is 11.5. The lowest BCUT2D eigenvalue weighted by molar-refractivity contribution is -0.119. The number of carbonyl (C=O) groups excluding carboxylic acids is 1. The van der Waals surface area contributed by atoms with Gasteiger partial charge in [0, 0.05) is 12.4 Å². The molecular formula is C10H10N4OS. The Morgan fingerprint density at radius 2 is 2.19 bits per heavy atom. The SMILES string of the molecule is O=C(Cc1ccsc1)NNc1ncccn1. The monoisotopic (exact) mass is 234 g/mol. The van der Waals surface area contributed by atoms with Gasteiger partial charge in [-0.2, -0.15) is 11.3 Å². The second-order valence-electron chi connectivity index (χ2n) is 3.05. The largest absolute Gasteiger partial charge is 0.273 e. The van der Waals surface area contributed by atoms with Crippen molar-refractivity contribution in [3.8, 4) is 0 Å². The highest BCUT2D eigenvalue weighted by Gasteiger charge is 2.03. The first-order valence-corrected chi connectivity index (χ1v) is 5.62. The van der Waals surface area contributed by atoms with Gasteiger partial charge in [0.25, 0.3) is 0 Å². The highest BCUT2D eigenvalue weighted by atomic mass is 32.1. The van der Waals surface area contributed by atoms with Gasteiger partial charge in [-0.3, -0.25) is 15.6 Å². The summed E-state index contributed by atoms with van der Waals surface area (Å²) in [4.78, 5) is 19.3. The van der Waals surface area contributed by atoms with Crippen LogP contribution in [-0.4, -0.2) is 15.9 Å². The molecule has 0 aliphatic carbocycles. The van der Waals surface area contributed by atoms with Crippen LogP contribution in [0.25, 0.3) is 0 Å². The van der Waals surface area contributed by atoms with E-state index in [0.717, 1.165) is 5.56 Å². The van der Waals surface area contributed by atoms with E-state index in [1.165, 1.54) is 0 Å². The fourth-order valence-corrected chi connectivity index (χ4v) is 1.78. The molecule has 0 aliphatic rings. The molecule has 0 bridgehead atoms. The maximum absolute atomic E-state index is 11.5. The van der Waals surface area contributed by atoms with Crippen molar-refractivity contribution in [2.24, 2.45) is 0 Å². The van der Waals surface area contributed by atoms with Gasteiger partial charge in [-0.1, -0.05) is 0 Å². The predicted octanol–water partition coefficient (Wildman–Crippen LogP) is 1.22. The Bertz CT molecular complexity index is 443. The standard InChI is InChI=1S/C10H10N4OS/c15-9(6-8-2-5-16-7-8)13-14-10-11-3-1-4-12-10/h1-5,7H,6H2,(H,13,15)(H,11,12,14). The quantitative estimate of drug-likeness (QED) is 0.781. The molecule has 2 aromatic rings.